The van der Waals surface area contributed by atoms with Gasteiger partial charge in [-0.05, 0) is 41.5 Å². The molecule has 0 aliphatic rings. The molecule has 0 saturated carbocycles. The second-order valence-electron chi connectivity index (χ2n) is 6.72. The average molecular weight is 310 g/mol. The van der Waals surface area contributed by atoms with Crippen molar-refractivity contribution in [1.82, 2.24) is 9.78 Å². The zero-order chi connectivity index (χ0) is 17.3. The lowest BCUT2D eigenvalue weighted by Gasteiger charge is -2.20. The highest BCUT2D eigenvalue weighted by molar-refractivity contribution is 6.02. The van der Waals surface area contributed by atoms with E-state index in [2.05, 4.69) is 5.10 Å². The lowest BCUT2D eigenvalue weighted by molar-refractivity contribution is 0.00153. The van der Waals surface area contributed by atoms with Crippen molar-refractivity contribution in [2.45, 2.75) is 52.7 Å². The number of hydrogen-bond donors (Lipinski definition) is 2. The first-order valence-corrected chi connectivity index (χ1v) is 6.71. The molecule has 0 aromatic carbocycles. The molecule has 0 aliphatic heterocycles. The van der Waals surface area contributed by atoms with Gasteiger partial charge >= 0.3 is 11.9 Å². The van der Waals surface area contributed by atoms with Gasteiger partial charge in [-0.3, -0.25) is 5.41 Å². The summed E-state index contributed by atoms with van der Waals surface area (Å²) >= 11 is 0. The van der Waals surface area contributed by atoms with E-state index in [4.69, 9.17) is 20.6 Å². The number of aromatic nitrogens is 2. The molecule has 0 aliphatic carbocycles. The molecular weight excluding hydrogens is 288 g/mol. The fourth-order valence-corrected chi connectivity index (χ4v) is 1.46. The molecule has 8 heteroatoms. The van der Waals surface area contributed by atoms with Gasteiger partial charge < -0.3 is 15.2 Å². The van der Waals surface area contributed by atoms with Crippen LogP contribution in [0, 0.1) is 5.41 Å². The van der Waals surface area contributed by atoms with E-state index < -0.39 is 29.1 Å². The summed E-state index contributed by atoms with van der Waals surface area (Å²) in [5.74, 6) is -1.95. The SMILES string of the molecule is CC(C)(C)OC(=O)c1cn(C(=N)N)nc1C(=O)OC(C)(C)C. The van der Waals surface area contributed by atoms with Crippen molar-refractivity contribution in [3.63, 3.8) is 0 Å². The van der Waals surface area contributed by atoms with Gasteiger partial charge in [0, 0.05) is 6.20 Å². The third kappa shape index (κ3) is 4.87. The van der Waals surface area contributed by atoms with E-state index in [9.17, 15) is 9.59 Å². The third-order valence-electron chi connectivity index (χ3n) is 2.17. The number of nitrogens with two attached hydrogens (primary N) is 1. The third-order valence-corrected chi connectivity index (χ3v) is 2.17. The second kappa shape index (κ2) is 5.78. The molecule has 0 amide bonds. The smallest absolute Gasteiger partial charge is 0.360 e. The summed E-state index contributed by atoms with van der Waals surface area (Å²) in [5.41, 5.74) is 3.51. The van der Waals surface area contributed by atoms with Crippen molar-refractivity contribution >= 4 is 17.9 Å². The van der Waals surface area contributed by atoms with Crippen molar-refractivity contribution in [1.29, 1.82) is 5.41 Å². The first-order chi connectivity index (χ1) is 9.80. The van der Waals surface area contributed by atoms with Crippen LogP contribution in [0.2, 0.25) is 0 Å². The van der Waals surface area contributed by atoms with Crippen LogP contribution in [-0.4, -0.2) is 38.9 Å². The van der Waals surface area contributed by atoms with Crippen molar-refractivity contribution in [3.05, 3.63) is 17.5 Å². The van der Waals surface area contributed by atoms with Gasteiger partial charge in [0.25, 0.3) is 0 Å². The van der Waals surface area contributed by atoms with Crippen LogP contribution in [-0.2, 0) is 9.47 Å². The zero-order valence-corrected chi connectivity index (χ0v) is 13.7. The van der Waals surface area contributed by atoms with Gasteiger partial charge in [0.05, 0.1) is 0 Å². The number of carbonyl (C=O) groups excluding carboxylic acids is 2. The minimum absolute atomic E-state index is 0.0978. The Morgan fingerprint density at radius 3 is 1.95 bits per heavy atom. The van der Waals surface area contributed by atoms with Crippen LogP contribution >= 0.6 is 0 Å². The Bertz CT molecular complexity index is 560. The molecule has 0 radical (unpaired) electrons. The van der Waals surface area contributed by atoms with Gasteiger partial charge in [0.15, 0.2) is 5.69 Å². The number of carbonyl (C=O) groups is 2. The van der Waals surface area contributed by atoms with Crippen LogP contribution in [0.4, 0.5) is 0 Å². The minimum Gasteiger partial charge on any atom is -0.456 e. The van der Waals surface area contributed by atoms with Gasteiger partial charge in [-0.1, -0.05) is 0 Å². The molecule has 3 N–H and O–H groups in total. The summed E-state index contributed by atoms with van der Waals surface area (Å²) < 4.78 is 11.3. The van der Waals surface area contributed by atoms with Crippen LogP contribution in [0.1, 0.15) is 62.4 Å². The Hall–Kier alpha value is -2.38. The molecule has 122 valence electrons. The molecular formula is C14H22N4O4. The van der Waals surface area contributed by atoms with Crippen LogP contribution in [0.5, 0.6) is 0 Å². The summed E-state index contributed by atoms with van der Waals surface area (Å²) in [6.45, 7) is 10.2. The van der Waals surface area contributed by atoms with Crippen molar-refractivity contribution in [3.8, 4) is 0 Å². The molecule has 0 saturated heterocycles. The van der Waals surface area contributed by atoms with Crippen LogP contribution in [0.15, 0.2) is 6.20 Å². The van der Waals surface area contributed by atoms with Crippen molar-refractivity contribution in [2.75, 3.05) is 0 Å². The standard InChI is InChI=1S/C14H22N4O4/c1-13(2,3)21-10(19)8-7-18(12(15)16)17-9(8)11(20)22-14(4,5)6/h7H,1-6H3,(H3,15,16). The lowest BCUT2D eigenvalue weighted by atomic mass is 10.1. The lowest BCUT2D eigenvalue weighted by Crippen LogP contribution is -2.27. The maximum Gasteiger partial charge on any atom is 0.360 e. The summed E-state index contributed by atoms with van der Waals surface area (Å²) in [6, 6.07) is 0. The molecule has 0 unspecified atom stereocenters. The van der Waals surface area contributed by atoms with Crippen LogP contribution in [0.25, 0.3) is 0 Å². The van der Waals surface area contributed by atoms with Gasteiger partial charge in [-0.25, -0.2) is 14.3 Å². The van der Waals surface area contributed by atoms with Gasteiger partial charge in [-0.15, -0.1) is 0 Å². The highest BCUT2D eigenvalue weighted by atomic mass is 16.6. The molecule has 0 spiro atoms. The number of ether oxygens (including phenoxy) is 2. The maximum atomic E-state index is 12.2. The molecule has 0 fully saturated rings. The zero-order valence-electron chi connectivity index (χ0n) is 13.7. The Morgan fingerprint density at radius 2 is 1.55 bits per heavy atom. The fourth-order valence-electron chi connectivity index (χ4n) is 1.46. The fraction of sp³-hybridized carbons (Fsp3) is 0.571. The number of nitrogens with one attached hydrogen (secondary N) is 1. The second-order valence-corrected chi connectivity index (χ2v) is 6.72. The molecule has 22 heavy (non-hydrogen) atoms. The van der Waals surface area contributed by atoms with E-state index in [-0.39, 0.29) is 11.3 Å². The number of hydrogen-bond acceptors (Lipinski definition) is 6. The Kier molecular flexibility index (Phi) is 4.64. The van der Waals surface area contributed by atoms with E-state index in [1.807, 2.05) is 0 Å². The Morgan fingerprint density at radius 1 is 1.09 bits per heavy atom. The van der Waals surface area contributed by atoms with Crippen molar-refractivity contribution in [2.24, 2.45) is 5.73 Å². The monoisotopic (exact) mass is 310 g/mol. The minimum atomic E-state index is -0.784. The molecule has 0 atom stereocenters. The van der Waals surface area contributed by atoms with Crippen molar-refractivity contribution < 1.29 is 19.1 Å². The van der Waals surface area contributed by atoms with Gasteiger partial charge in [0.1, 0.15) is 16.8 Å². The quantitative estimate of drug-likeness (QED) is 0.485. The predicted molar refractivity (Wildman–Crippen MR) is 79.9 cm³/mol. The number of nitrogen functional groups attached to an aromatic ring is 1. The highest BCUT2D eigenvalue weighted by Crippen LogP contribution is 2.18. The summed E-state index contributed by atoms with van der Waals surface area (Å²) in [4.78, 5) is 24.4. The normalized spacial score (nSPS) is 11.9. The topological polar surface area (TPSA) is 120 Å². The number of nitrogens with zero attached hydrogens (tertiary/aromatic N) is 2. The Labute approximate surface area is 129 Å². The van der Waals surface area contributed by atoms with E-state index in [0.29, 0.717) is 0 Å². The maximum absolute atomic E-state index is 12.2. The van der Waals surface area contributed by atoms with Crippen LogP contribution in [0.3, 0.4) is 0 Å². The summed E-state index contributed by atoms with van der Waals surface area (Å²) in [5, 5.41) is 11.2. The van der Waals surface area contributed by atoms with E-state index >= 15 is 0 Å². The Balaban J connectivity index is 3.23. The predicted octanol–water partition coefficient (Wildman–Crippen LogP) is 1.54. The van der Waals surface area contributed by atoms with E-state index in [0.717, 1.165) is 4.68 Å². The van der Waals surface area contributed by atoms with Gasteiger partial charge in [-0.2, -0.15) is 5.10 Å². The largest absolute Gasteiger partial charge is 0.456 e. The summed E-state index contributed by atoms with van der Waals surface area (Å²) in [7, 11) is 0. The molecule has 1 aromatic heterocycles. The molecule has 1 rings (SSSR count). The van der Waals surface area contributed by atoms with E-state index in [1.165, 1.54) is 6.20 Å². The summed E-state index contributed by atoms with van der Waals surface area (Å²) in [6.07, 6.45) is 1.18. The van der Waals surface area contributed by atoms with Gasteiger partial charge in [0.2, 0.25) is 5.96 Å². The average Bonchev–Trinajstić information content (AvgIpc) is 2.68. The highest BCUT2D eigenvalue weighted by Gasteiger charge is 2.30. The number of rotatable bonds is 2. The first kappa shape index (κ1) is 17.7. The number of esters is 2. The van der Waals surface area contributed by atoms with Crippen LogP contribution < -0.4 is 5.73 Å². The molecule has 1 aromatic rings. The first-order valence-electron chi connectivity index (χ1n) is 6.71. The molecule has 0 bridgehead atoms. The molecule has 8 nitrogen and oxygen atoms in total. The molecule has 1 heterocycles. The van der Waals surface area contributed by atoms with E-state index in [1.54, 1.807) is 41.5 Å².